The second-order valence-corrected chi connectivity index (χ2v) is 5.99. The maximum Gasteiger partial charge on any atom is 0.225 e. The van der Waals surface area contributed by atoms with Crippen molar-refractivity contribution in [1.82, 2.24) is 10.2 Å². The summed E-state index contributed by atoms with van der Waals surface area (Å²) in [6, 6.07) is 6.94. The van der Waals surface area contributed by atoms with E-state index in [1.165, 1.54) is 0 Å². The maximum atomic E-state index is 11.8. The van der Waals surface area contributed by atoms with Crippen LogP contribution in [0.3, 0.4) is 0 Å². The van der Waals surface area contributed by atoms with Crippen LogP contribution in [0.25, 0.3) is 0 Å². The van der Waals surface area contributed by atoms with Crippen molar-refractivity contribution in [3.8, 4) is 17.2 Å². The number of methoxy groups -OCH3 is 3. The first-order valence-corrected chi connectivity index (χ1v) is 8.17. The molecule has 0 spiro atoms. The summed E-state index contributed by atoms with van der Waals surface area (Å²) >= 11 is 0. The van der Waals surface area contributed by atoms with E-state index < -0.39 is 0 Å². The summed E-state index contributed by atoms with van der Waals surface area (Å²) in [5.74, 6) is 2.69. The van der Waals surface area contributed by atoms with Crippen LogP contribution in [0.5, 0.6) is 17.2 Å². The first-order chi connectivity index (χ1) is 12.5. The third-order valence-corrected chi connectivity index (χ3v) is 3.46. The Morgan fingerprint density at radius 2 is 1.58 bits per heavy atom. The summed E-state index contributed by atoms with van der Waals surface area (Å²) in [5.41, 5.74) is 0.699. The van der Waals surface area contributed by atoms with E-state index in [0.29, 0.717) is 41.0 Å². The Morgan fingerprint density at radius 1 is 1.00 bits per heavy atom. The molecule has 0 unspecified atom stereocenters. The fourth-order valence-corrected chi connectivity index (χ4v) is 2.33. The lowest BCUT2D eigenvalue weighted by Gasteiger charge is -2.14. The molecule has 1 aromatic carbocycles. The molecule has 8 nitrogen and oxygen atoms in total. The summed E-state index contributed by atoms with van der Waals surface area (Å²) in [6.45, 7) is 3.96. The Morgan fingerprint density at radius 3 is 2.04 bits per heavy atom. The van der Waals surface area contributed by atoms with Crippen LogP contribution in [-0.2, 0) is 4.79 Å². The number of aromatic nitrogens is 2. The van der Waals surface area contributed by atoms with Crippen LogP contribution in [-0.4, -0.2) is 37.4 Å². The zero-order valence-corrected chi connectivity index (χ0v) is 15.6. The topological polar surface area (TPSA) is 94.6 Å². The van der Waals surface area contributed by atoms with Gasteiger partial charge in [-0.05, 0) is 18.1 Å². The number of amides is 1. The largest absolute Gasteiger partial charge is 0.493 e. The molecule has 0 aliphatic carbocycles. The molecule has 0 radical (unpaired) electrons. The van der Waals surface area contributed by atoms with Crippen molar-refractivity contribution >= 4 is 23.2 Å². The highest BCUT2D eigenvalue weighted by Gasteiger charge is 2.13. The third-order valence-electron chi connectivity index (χ3n) is 3.46. The monoisotopic (exact) mass is 360 g/mol. The number of carbonyl (C=O) groups excluding carboxylic acids is 1. The fraction of sp³-hybridized carbons (Fsp3) is 0.389. The minimum absolute atomic E-state index is 0.0837. The van der Waals surface area contributed by atoms with Crippen molar-refractivity contribution in [2.45, 2.75) is 20.3 Å². The molecule has 1 heterocycles. The summed E-state index contributed by atoms with van der Waals surface area (Å²) < 4.78 is 15.9. The molecule has 1 amide bonds. The Hall–Kier alpha value is -3.03. The van der Waals surface area contributed by atoms with Crippen LogP contribution >= 0.6 is 0 Å². The van der Waals surface area contributed by atoms with Gasteiger partial charge in [0.25, 0.3) is 0 Å². The fourth-order valence-electron chi connectivity index (χ4n) is 2.33. The molecule has 140 valence electrons. The van der Waals surface area contributed by atoms with Crippen LogP contribution in [0.4, 0.5) is 17.3 Å². The maximum absolute atomic E-state index is 11.8. The van der Waals surface area contributed by atoms with E-state index in [1.807, 2.05) is 13.8 Å². The molecule has 0 bridgehead atoms. The molecular formula is C18H24N4O4. The van der Waals surface area contributed by atoms with Gasteiger partial charge in [-0.3, -0.25) is 4.79 Å². The molecule has 0 atom stereocenters. The molecule has 2 N–H and O–H groups in total. The van der Waals surface area contributed by atoms with Gasteiger partial charge in [0.1, 0.15) is 0 Å². The van der Waals surface area contributed by atoms with Crippen molar-refractivity contribution < 1.29 is 19.0 Å². The van der Waals surface area contributed by atoms with E-state index in [4.69, 9.17) is 14.2 Å². The highest BCUT2D eigenvalue weighted by atomic mass is 16.5. The third kappa shape index (κ3) is 4.98. The lowest BCUT2D eigenvalue weighted by molar-refractivity contribution is -0.116. The van der Waals surface area contributed by atoms with Crippen LogP contribution in [0, 0.1) is 5.92 Å². The lowest BCUT2D eigenvalue weighted by Crippen LogP contribution is -2.15. The molecule has 2 rings (SSSR count). The number of anilines is 3. The van der Waals surface area contributed by atoms with Crippen LogP contribution in [0.15, 0.2) is 24.3 Å². The smallest absolute Gasteiger partial charge is 0.225 e. The molecule has 0 fully saturated rings. The van der Waals surface area contributed by atoms with Gasteiger partial charge < -0.3 is 24.8 Å². The molecule has 2 aromatic rings. The summed E-state index contributed by atoms with van der Waals surface area (Å²) in [5, 5.41) is 13.9. The number of benzene rings is 1. The van der Waals surface area contributed by atoms with E-state index in [2.05, 4.69) is 20.8 Å². The predicted octanol–water partition coefficient (Wildman–Crippen LogP) is 3.23. The van der Waals surface area contributed by atoms with Crippen molar-refractivity contribution in [3.05, 3.63) is 24.3 Å². The van der Waals surface area contributed by atoms with Crippen LogP contribution in [0.2, 0.25) is 0 Å². The van der Waals surface area contributed by atoms with Crippen molar-refractivity contribution in [2.24, 2.45) is 5.92 Å². The zero-order valence-electron chi connectivity index (χ0n) is 15.6. The average molecular weight is 360 g/mol. The standard InChI is InChI=1S/C18H24N4O4/c1-11(2)8-17(23)20-16-7-6-15(21-22-16)19-12-9-13(24-3)18(26-5)14(10-12)25-4/h6-7,9-11H,8H2,1-5H3,(H,19,21)(H,20,22,23). The first-order valence-electron chi connectivity index (χ1n) is 8.17. The SMILES string of the molecule is COc1cc(Nc2ccc(NC(=O)CC(C)C)nn2)cc(OC)c1OC. The number of rotatable bonds is 8. The second-order valence-electron chi connectivity index (χ2n) is 5.99. The minimum Gasteiger partial charge on any atom is -0.493 e. The van der Waals surface area contributed by atoms with Gasteiger partial charge in [-0.1, -0.05) is 13.8 Å². The molecule has 0 aliphatic heterocycles. The summed E-state index contributed by atoms with van der Waals surface area (Å²) in [4.78, 5) is 11.8. The summed E-state index contributed by atoms with van der Waals surface area (Å²) in [7, 11) is 4.65. The number of ether oxygens (including phenoxy) is 3. The van der Waals surface area contributed by atoms with Gasteiger partial charge in [0.15, 0.2) is 23.1 Å². The Bertz CT molecular complexity index is 722. The first kappa shape index (κ1) is 19.3. The lowest BCUT2D eigenvalue weighted by atomic mass is 10.1. The van der Waals surface area contributed by atoms with E-state index in [-0.39, 0.29) is 11.8 Å². The Kier molecular flexibility index (Phi) is 6.60. The number of hydrogen-bond acceptors (Lipinski definition) is 7. The van der Waals surface area contributed by atoms with Gasteiger partial charge in [-0.25, -0.2) is 0 Å². The molecule has 0 saturated carbocycles. The molecule has 0 aliphatic rings. The average Bonchev–Trinajstić information content (AvgIpc) is 2.61. The Balaban J connectivity index is 2.12. The second kappa shape index (κ2) is 8.89. The van der Waals surface area contributed by atoms with Crippen molar-refractivity contribution in [3.63, 3.8) is 0 Å². The number of hydrogen-bond donors (Lipinski definition) is 2. The van der Waals surface area contributed by atoms with Gasteiger partial charge in [-0.15, -0.1) is 10.2 Å². The molecule has 8 heteroatoms. The van der Waals surface area contributed by atoms with E-state index in [1.54, 1.807) is 45.6 Å². The Labute approximate surface area is 152 Å². The van der Waals surface area contributed by atoms with Crippen LogP contribution in [0.1, 0.15) is 20.3 Å². The molecule has 1 aromatic heterocycles. The van der Waals surface area contributed by atoms with E-state index in [0.717, 1.165) is 0 Å². The highest BCUT2D eigenvalue weighted by molar-refractivity contribution is 5.89. The molecule has 26 heavy (non-hydrogen) atoms. The highest BCUT2D eigenvalue weighted by Crippen LogP contribution is 2.40. The van der Waals surface area contributed by atoms with Crippen LogP contribution < -0.4 is 24.8 Å². The van der Waals surface area contributed by atoms with Crippen molar-refractivity contribution in [2.75, 3.05) is 32.0 Å². The van der Waals surface area contributed by atoms with Gasteiger partial charge in [0.2, 0.25) is 11.7 Å². The molecular weight excluding hydrogens is 336 g/mol. The van der Waals surface area contributed by atoms with Crippen molar-refractivity contribution in [1.29, 1.82) is 0 Å². The summed E-state index contributed by atoms with van der Waals surface area (Å²) in [6.07, 6.45) is 0.438. The normalized spacial score (nSPS) is 10.4. The van der Waals surface area contributed by atoms with E-state index >= 15 is 0 Å². The minimum atomic E-state index is -0.0837. The van der Waals surface area contributed by atoms with Gasteiger partial charge >= 0.3 is 0 Å². The zero-order chi connectivity index (χ0) is 19.1. The van der Waals surface area contributed by atoms with Gasteiger partial charge in [-0.2, -0.15) is 0 Å². The number of nitrogens with one attached hydrogen (secondary N) is 2. The molecule has 0 saturated heterocycles. The predicted molar refractivity (Wildman–Crippen MR) is 99.5 cm³/mol. The number of nitrogens with zero attached hydrogens (tertiary/aromatic N) is 2. The quantitative estimate of drug-likeness (QED) is 0.746. The number of carbonyl (C=O) groups is 1. The van der Waals surface area contributed by atoms with E-state index in [9.17, 15) is 4.79 Å². The van der Waals surface area contributed by atoms with Gasteiger partial charge in [0.05, 0.1) is 21.3 Å². The van der Waals surface area contributed by atoms with Gasteiger partial charge in [0, 0.05) is 24.2 Å².